The topological polar surface area (TPSA) is 67.8 Å². The summed E-state index contributed by atoms with van der Waals surface area (Å²) in [6, 6.07) is -0.285. The minimum atomic E-state index is -0.524. The molecule has 1 N–H and O–H groups in total. The molecule has 0 radical (unpaired) electrons. The molecule has 0 aromatic carbocycles. The van der Waals surface area contributed by atoms with Gasteiger partial charge in [-0.25, -0.2) is 4.79 Å². The van der Waals surface area contributed by atoms with Crippen LogP contribution in [0, 0.1) is 4.91 Å². The van der Waals surface area contributed by atoms with Crippen LogP contribution in [0.1, 0.15) is 27.7 Å². The average molecular weight is 188 g/mol. The normalized spacial score (nSPS) is 13.2. The summed E-state index contributed by atoms with van der Waals surface area (Å²) in [6.07, 6.45) is -0.524. The quantitative estimate of drug-likeness (QED) is 0.685. The maximum absolute atomic E-state index is 11.1. The summed E-state index contributed by atoms with van der Waals surface area (Å²) in [4.78, 5) is 20.9. The molecule has 0 saturated carbocycles. The molecule has 0 rings (SSSR count). The van der Waals surface area contributed by atoms with Crippen LogP contribution in [0.25, 0.3) is 0 Å². The molecule has 0 spiro atoms. The van der Waals surface area contributed by atoms with Crippen LogP contribution in [0.15, 0.2) is 5.18 Å². The van der Waals surface area contributed by atoms with Gasteiger partial charge >= 0.3 is 6.09 Å². The maximum atomic E-state index is 11.1. The summed E-state index contributed by atoms with van der Waals surface area (Å²) in [5.74, 6) is 0. The molecule has 0 aliphatic carbocycles. The third-order valence-corrected chi connectivity index (χ3v) is 1.11. The average Bonchev–Trinajstić information content (AvgIpc) is 1.81. The minimum Gasteiger partial charge on any atom is -0.444 e. The van der Waals surface area contributed by atoms with Crippen LogP contribution < -0.4 is 5.32 Å². The Bertz CT molecular complexity index is 186. The molecule has 0 aromatic rings. The zero-order chi connectivity index (χ0) is 10.5. The van der Waals surface area contributed by atoms with Crippen LogP contribution in [0.2, 0.25) is 0 Å². The Morgan fingerprint density at radius 2 is 2.08 bits per heavy atom. The van der Waals surface area contributed by atoms with Crippen molar-refractivity contribution in [2.45, 2.75) is 39.3 Å². The molecule has 5 nitrogen and oxygen atoms in total. The van der Waals surface area contributed by atoms with Crippen molar-refractivity contribution < 1.29 is 9.53 Å². The number of nitrogens with one attached hydrogen (secondary N) is 1. The summed E-state index contributed by atoms with van der Waals surface area (Å²) < 4.78 is 4.96. The summed E-state index contributed by atoms with van der Waals surface area (Å²) in [5, 5.41) is 5.15. The summed E-state index contributed by atoms with van der Waals surface area (Å²) >= 11 is 0. The summed E-state index contributed by atoms with van der Waals surface area (Å²) in [6.45, 7) is 7.06. The number of carbonyl (C=O) groups is 1. The Kier molecular flexibility index (Phi) is 4.37. The lowest BCUT2D eigenvalue weighted by Gasteiger charge is -2.21. The van der Waals surface area contributed by atoms with Gasteiger partial charge in [0.2, 0.25) is 0 Å². The van der Waals surface area contributed by atoms with Crippen LogP contribution in [0.5, 0.6) is 0 Å². The Labute approximate surface area is 77.8 Å². The maximum Gasteiger partial charge on any atom is 0.407 e. The fourth-order valence-corrected chi connectivity index (χ4v) is 0.666. The van der Waals surface area contributed by atoms with Crippen molar-refractivity contribution in [2.24, 2.45) is 5.18 Å². The smallest absolute Gasteiger partial charge is 0.407 e. The van der Waals surface area contributed by atoms with E-state index in [4.69, 9.17) is 4.74 Å². The van der Waals surface area contributed by atoms with Gasteiger partial charge in [0, 0.05) is 0 Å². The second kappa shape index (κ2) is 4.79. The number of hydrogen-bond donors (Lipinski definition) is 1. The first-order valence-corrected chi connectivity index (χ1v) is 4.14. The number of carbonyl (C=O) groups excluding carboxylic acids is 1. The molecule has 1 amide bonds. The Balaban J connectivity index is 3.81. The molecule has 0 aliphatic rings. The van der Waals surface area contributed by atoms with Crippen LogP contribution >= 0.6 is 0 Å². The molecule has 1 atom stereocenters. The van der Waals surface area contributed by atoms with Gasteiger partial charge in [-0.3, -0.25) is 0 Å². The lowest BCUT2D eigenvalue weighted by molar-refractivity contribution is 0.0510. The molecular weight excluding hydrogens is 172 g/mol. The molecule has 0 bridgehead atoms. The van der Waals surface area contributed by atoms with Gasteiger partial charge < -0.3 is 10.1 Å². The predicted molar refractivity (Wildman–Crippen MR) is 49.5 cm³/mol. The van der Waals surface area contributed by atoms with E-state index in [2.05, 4.69) is 10.5 Å². The zero-order valence-electron chi connectivity index (χ0n) is 8.46. The molecule has 0 aliphatic heterocycles. The van der Waals surface area contributed by atoms with E-state index in [9.17, 15) is 9.70 Å². The van der Waals surface area contributed by atoms with Crippen molar-refractivity contribution in [3.63, 3.8) is 0 Å². The van der Waals surface area contributed by atoms with E-state index >= 15 is 0 Å². The highest BCUT2D eigenvalue weighted by atomic mass is 16.6. The minimum absolute atomic E-state index is 0.0548. The molecule has 76 valence electrons. The van der Waals surface area contributed by atoms with Crippen LogP contribution in [0.4, 0.5) is 4.79 Å². The van der Waals surface area contributed by atoms with Crippen LogP contribution in [-0.4, -0.2) is 24.3 Å². The number of hydrogen-bond acceptors (Lipinski definition) is 4. The highest BCUT2D eigenvalue weighted by molar-refractivity contribution is 5.68. The molecule has 0 saturated heterocycles. The van der Waals surface area contributed by atoms with Gasteiger partial charge in [-0.05, 0) is 27.7 Å². The summed E-state index contributed by atoms with van der Waals surface area (Å²) in [7, 11) is 0. The largest absolute Gasteiger partial charge is 0.444 e. The number of alkyl carbamates (subject to hydrolysis) is 1. The van der Waals surface area contributed by atoms with E-state index < -0.39 is 11.7 Å². The first-order chi connectivity index (χ1) is 5.85. The molecule has 0 aromatic heterocycles. The van der Waals surface area contributed by atoms with Crippen LogP contribution in [0.3, 0.4) is 0 Å². The number of nitrogens with zero attached hydrogens (tertiary/aromatic N) is 1. The fraction of sp³-hybridized carbons (Fsp3) is 0.875. The molecule has 5 heteroatoms. The zero-order valence-corrected chi connectivity index (χ0v) is 8.46. The fourth-order valence-electron chi connectivity index (χ4n) is 0.666. The molecule has 13 heavy (non-hydrogen) atoms. The standard InChI is InChI=1S/C8H16N2O3/c1-6(5-9-12)10-7(11)13-8(2,3)4/h6H,5H2,1-4H3,(H,10,11)/t6-/m1/s1. The first kappa shape index (κ1) is 11.9. The van der Waals surface area contributed by atoms with Crippen molar-refractivity contribution >= 4 is 6.09 Å². The number of amides is 1. The van der Waals surface area contributed by atoms with Gasteiger partial charge in [0.15, 0.2) is 0 Å². The Morgan fingerprint density at radius 1 is 1.54 bits per heavy atom. The van der Waals surface area contributed by atoms with Gasteiger partial charge in [-0.2, -0.15) is 4.91 Å². The lowest BCUT2D eigenvalue weighted by atomic mass is 10.2. The van der Waals surface area contributed by atoms with Crippen molar-refractivity contribution in [3.05, 3.63) is 4.91 Å². The van der Waals surface area contributed by atoms with Crippen LogP contribution in [-0.2, 0) is 4.74 Å². The number of nitroso groups, excluding NO2 is 1. The highest BCUT2D eigenvalue weighted by Gasteiger charge is 2.17. The van der Waals surface area contributed by atoms with Gasteiger partial charge in [0.1, 0.15) is 12.1 Å². The van der Waals surface area contributed by atoms with Crippen molar-refractivity contribution in [1.82, 2.24) is 5.32 Å². The third-order valence-electron chi connectivity index (χ3n) is 1.11. The SMILES string of the molecule is C[C@H](CN=O)NC(=O)OC(C)(C)C. The van der Waals surface area contributed by atoms with E-state index in [-0.39, 0.29) is 12.6 Å². The van der Waals surface area contributed by atoms with E-state index in [1.54, 1.807) is 27.7 Å². The molecule has 0 heterocycles. The van der Waals surface area contributed by atoms with Gasteiger partial charge in [-0.15, -0.1) is 0 Å². The van der Waals surface area contributed by atoms with E-state index in [0.29, 0.717) is 0 Å². The Morgan fingerprint density at radius 3 is 2.46 bits per heavy atom. The van der Waals surface area contributed by atoms with Crippen molar-refractivity contribution in [2.75, 3.05) is 6.54 Å². The molecular formula is C8H16N2O3. The second-order valence-electron chi connectivity index (χ2n) is 3.86. The van der Waals surface area contributed by atoms with Gasteiger partial charge in [0.05, 0.1) is 6.04 Å². The first-order valence-electron chi connectivity index (χ1n) is 4.14. The Hall–Kier alpha value is -1.13. The third kappa shape index (κ3) is 7.24. The van der Waals surface area contributed by atoms with E-state index in [1.807, 2.05) is 0 Å². The number of ether oxygens (including phenoxy) is 1. The molecule has 0 unspecified atom stereocenters. The number of rotatable bonds is 3. The monoisotopic (exact) mass is 188 g/mol. The van der Waals surface area contributed by atoms with Gasteiger partial charge in [-0.1, -0.05) is 5.18 Å². The van der Waals surface area contributed by atoms with Crippen molar-refractivity contribution in [1.29, 1.82) is 0 Å². The van der Waals surface area contributed by atoms with Crippen molar-refractivity contribution in [3.8, 4) is 0 Å². The summed E-state index contributed by atoms with van der Waals surface area (Å²) in [5.41, 5.74) is -0.515. The van der Waals surface area contributed by atoms with E-state index in [1.165, 1.54) is 0 Å². The van der Waals surface area contributed by atoms with E-state index in [0.717, 1.165) is 0 Å². The predicted octanol–water partition coefficient (Wildman–Crippen LogP) is 1.67. The van der Waals surface area contributed by atoms with Gasteiger partial charge in [0.25, 0.3) is 0 Å². The highest BCUT2D eigenvalue weighted by Crippen LogP contribution is 2.06. The second-order valence-corrected chi connectivity index (χ2v) is 3.86. The lowest BCUT2D eigenvalue weighted by Crippen LogP contribution is -2.38. The molecule has 0 fully saturated rings.